The first kappa shape index (κ1) is 16.1. The topological polar surface area (TPSA) is 51.2 Å². The Labute approximate surface area is 140 Å². The van der Waals surface area contributed by atoms with Crippen LogP contribution in [-0.4, -0.2) is 30.1 Å². The zero-order valence-electron chi connectivity index (χ0n) is 13.4. The van der Waals surface area contributed by atoms with Crippen LogP contribution < -0.4 is 5.32 Å². The van der Waals surface area contributed by atoms with Crippen LogP contribution in [0.3, 0.4) is 0 Å². The minimum Gasteiger partial charge on any atom is -0.378 e. The third kappa shape index (κ3) is 3.98. The summed E-state index contributed by atoms with van der Waals surface area (Å²) in [5.41, 5.74) is 2.03. The minimum atomic E-state index is 0.00887. The zero-order chi connectivity index (χ0) is 16.1. The number of carbonyl (C=O) groups excluding carboxylic acids is 1. The predicted molar refractivity (Wildman–Crippen MR) is 92.5 cm³/mol. The molecular formula is C18H22N2O2S. The van der Waals surface area contributed by atoms with Gasteiger partial charge in [0.25, 0.3) is 0 Å². The van der Waals surface area contributed by atoms with Gasteiger partial charge < -0.3 is 10.1 Å². The van der Waals surface area contributed by atoms with E-state index in [-0.39, 0.29) is 11.5 Å². The summed E-state index contributed by atoms with van der Waals surface area (Å²) in [5, 5.41) is 5.85. The van der Waals surface area contributed by atoms with Crippen LogP contribution in [-0.2, 0) is 16.0 Å². The van der Waals surface area contributed by atoms with E-state index in [2.05, 4.69) is 10.3 Å². The first-order chi connectivity index (χ1) is 11.2. The van der Waals surface area contributed by atoms with Gasteiger partial charge in [-0.05, 0) is 25.7 Å². The molecule has 23 heavy (non-hydrogen) atoms. The summed E-state index contributed by atoms with van der Waals surface area (Å²) in [4.78, 5) is 16.6. The third-order valence-corrected chi connectivity index (χ3v) is 5.38. The maximum absolute atomic E-state index is 12.1. The number of thiazole rings is 1. The fourth-order valence-electron chi connectivity index (χ4n) is 2.89. The molecule has 1 aromatic carbocycles. The standard InChI is InChI=1S/C18H22N2O2S/c1-22-18(8-5-9-18)10-11-19-16(21)12-17-20-15(13-23-17)14-6-3-2-4-7-14/h2-4,6-7,13H,5,8-12H2,1H3,(H,19,21). The average molecular weight is 330 g/mol. The second kappa shape index (κ2) is 7.23. The highest BCUT2D eigenvalue weighted by molar-refractivity contribution is 7.10. The lowest BCUT2D eigenvalue weighted by molar-refractivity contribution is -0.121. The Bertz CT molecular complexity index is 645. The Kier molecular flexibility index (Phi) is 5.08. The Morgan fingerprint density at radius 1 is 1.35 bits per heavy atom. The van der Waals surface area contributed by atoms with Gasteiger partial charge in [0.05, 0.1) is 17.7 Å². The minimum absolute atomic E-state index is 0.00887. The van der Waals surface area contributed by atoms with Gasteiger partial charge in [0.2, 0.25) is 5.91 Å². The van der Waals surface area contributed by atoms with Crippen molar-refractivity contribution in [1.82, 2.24) is 10.3 Å². The van der Waals surface area contributed by atoms with Gasteiger partial charge in [-0.3, -0.25) is 4.79 Å². The Balaban J connectivity index is 1.48. The molecule has 0 aliphatic heterocycles. The summed E-state index contributed by atoms with van der Waals surface area (Å²) < 4.78 is 5.56. The smallest absolute Gasteiger partial charge is 0.226 e. The van der Waals surface area contributed by atoms with Gasteiger partial charge in [-0.2, -0.15) is 0 Å². The van der Waals surface area contributed by atoms with Crippen molar-refractivity contribution in [3.8, 4) is 11.3 Å². The molecule has 1 heterocycles. The molecule has 122 valence electrons. The number of amides is 1. The molecule has 1 saturated carbocycles. The zero-order valence-corrected chi connectivity index (χ0v) is 14.2. The fraction of sp³-hybridized carbons (Fsp3) is 0.444. The molecular weight excluding hydrogens is 308 g/mol. The predicted octanol–water partition coefficient (Wildman–Crippen LogP) is 3.43. The summed E-state index contributed by atoms with van der Waals surface area (Å²) in [6.07, 6.45) is 4.67. The van der Waals surface area contributed by atoms with Crippen LogP contribution in [0.15, 0.2) is 35.7 Å². The van der Waals surface area contributed by atoms with Gasteiger partial charge in [-0.25, -0.2) is 4.98 Å². The molecule has 0 radical (unpaired) electrons. The number of aromatic nitrogens is 1. The molecule has 1 aliphatic rings. The summed E-state index contributed by atoms with van der Waals surface area (Å²) in [5.74, 6) is 0.0320. The van der Waals surface area contributed by atoms with E-state index in [1.54, 1.807) is 7.11 Å². The van der Waals surface area contributed by atoms with E-state index in [9.17, 15) is 4.79 Å². The molecule has 1 aliphatic carbocycles. The highest BCUT2D eigenvalue weighted by Gasteiger charge is 2.36. The van der Waals surface area contributed by atoms with Crippen molar-refractivity contribution in [2.45, 2.75) is 37.7 Å². The van der Waals surface area contributed by atoms with E-state index in [4.69, 9.17) is 4.74 Å². The van der Waals surface area contributed by atoms with Crippen molar-refractivity contribution in [1.29, 1.82) is 0 Å². The van der Waals surface area contributed by atoms with Gasteiger partial charge in [0.1, 0.15) is 5.01 Å². The quantitative estimate of drug-likeness (QED) is 0.846. The van der Waals surface area contributed by atoms with Crippen LogP contribution in [0.1, 0.15) is 30.7 Å². The van der Waals surface area contributed by atoms with Gasteiger partial charge in [-0.15, -0.1) is 11.3 Å². The molecule has 1 aromatic heterocycles. The van der Waals surface area contributed by atoms with Crippen molar-refractivity contribution >= 4 is 17.2 Å². The lowest BCUT2D eigenvalue weighted by atomic mass is 9.77. The third-order valence-electron chi connectivity index (χ3n) is 4.53. The van der Waals surface area contributed by atoms with Gasteiger partial charge in [0.15, 0.2) is 0 Å². The van der Waals surface area contributed by atoms with Crippen LogP contribution in [0, 0.1) is 0 Å². The monoisotopic (exact) mass is 330 g/mol. The van der Waals surface area contributed by atoms with Crippen molar-refractivity contribution in [3.05, 3.63) is 40.7 Å². The molecule has 1 fully saturated rings. The van der Waals surface area contributed by atoms with Gasteiger partial charge in [-0.1, -0.05) is 30.3 Å². The molecule has 0 saturated heterocycles. The molecule has 5 heteroatoms. The Hall–Kier alpha value is -1.72. The van der Waals surface area contributed by atoms with Gasteiger partial charge >= 0.3 is 0 Å². The van der Waals surface area contributed by atoms with Crippen molar-refractivity contribution in [2.75, 3.05) is 13.7 Å². The summed E-state index contributed by atoms with van der Waals surface area (Å²) >= 11 is 1.54. The second-order valence-electron chi connectivity index (χ2n) is 6.01. The first-order valence-corrected chi connectivity index (χ1v) is 8.90. The number of hydrogen-bond donors (Lipinski definition) is 1. The Morgan fingerprint density at radius 2 is 2.13 bits per heavy atom. The molecule has 1 amide bonds. The molecule has 0 atom stereocenters. The van der Waals surface area contributed by atoms with Crippen LogP contribution >= 0.6 is 11.3 Å². The number of carbonyl (C=O) groups is 1. The Morgan fingerprint density at radius 3 is 2.78 bits per heavy atom. The number of nitrogens with one attached hydrogen (secondary N) is 1. The van der Waals surface area contributed by atoms with E-state index < -0.39 is 0 Å². The normalized spacial score (nSPS) is 15.9. The van der Waals surface area contributed by atoms with E-state index in [1.807, 2.05) is 35.7 Å². The highest BCUT2D eigenvalue weighted by atomic mass is 32.1. The second-order valence-corrected chi connectivity index (χ2v) is 6.95. The van der Waals surface area contributed by atoms with Crippen LogP contribution in [0.5, 0.6) is 0 Å². The number of rotatable bonds is 7. The molecule has 0 bridgehead atoms. The molecule has 3 rings (SSSR count). The van der Waals surface area contributed by atoms with E-state index in [0.29, 0.717) is 13.0 Å². The average Bonchev–Trinajstić information content (AvgIpc) is 2.99. The van der Waals surface area contributed by atoms with Crippen LogP contribution in [0.4, 0.5) is 0 Å². The first-order valence-electron chi connectivity index (χ1n) is 8.02. The molecule has 0 spiro atoms. The number of benzene rings is 1. The molecule has 0 unspecified atom stereocenters. The summed E-state index contributed by atoms with van der Waals surface area (Å²) in [6, 6.07) is 10.0. The van der Waals surface area contributed by atoms with E-state index in [1.165, 1.54) is 17.8 Å². The van der Waals surface area contributed by atoms with E-state index >= 15 is 0 Å². The SMILES string of the molecule is COC1(CCNC(=O)Cc2nc(-c3ccccc3)cs2)CCC1. The summed E-state index contributed by atoms with van der Waals surface area (Å²) in [7, 11) is 1.77. The van der Waals surface area contributed by atoms with Gasteiger partial charge in [0, 0.05) is 24.6 Å². The van der Waals surface area contributed by atoms with Crippen molar-refractivity contribution < 1.29 is 9.53 Å². The van der Waals surface area contributed by atoms with E-state index in [0.717, 1.165) is 35.5 Å². The number of hydrogen-bond acceptors (Lipinski definition) is 4. The number of nitrogens with zero attached hydrogens (tertiary/aromatic N) is 1. The van der Waals surface area contributed by atoms with Crippen LogP contribution in [0.2, 0.25) is 0 Å². The lowest BCUT2D eigenvalue weighted by Crippen LogP contribution is -2.42. The largest absolute Gasteiger partial charge is 0.378 e. The molecule has 4 nitrogen and oxygen atoms in total. The maximum atomic E-state index is 12.1. The summed E-state index contributed by atoms with van der Waals surface area (Å²) in [6.45, 7) is 0.670. The number of ether oxygens (including phenoxy) is 1. The van der Waals surface area contributed by atoms with Crippen molar-refractivity contribution in [3.63, 3.8) is 0 Å². The van der Waals surface area contributed by atoms with Crippen molar-refractivity contribution in [2.24, 2.45) is 0 Å². The molecule has 2 aromatic rings. The van der Waals surface area contributed by atoms with Crippen LogP contribution in [0.25, 0.3) is 11.3 Å². The number of methoxy groups -OCH3 is 1. The lowest BCUT2D eigenvalue weighted by Gasteiger charge is -2.40. The fourth-order valence-corrected chi connectivity index (χ4v) is 3.69. The molecule has 1 N–H and O–H groups in total. The maximum Gasteiger partial charge on any atom is 0.226 e. The highest BCUT2D eigenvalue weighted by Crippen LogP contribution is 2.37.